The third kappa shape index (κ3) is 5.95. The van der Waals surface area contributed by atoms with Crippen molar-refractivity contribution < 1.29 is 22.7 Å². The highest BCUT2D eigenvalue weighted by molar-refractivity contribution is 7.07. The van der Waals surface area contributed by atoms with Crippen molar-refractivity contribution in [1.29, 1.82) is 0 Å². The number of thiazole rings is 1. The maximum absolute atomic E-state index is 14.4. The first-order valence-electron chi connectivity index (χ1n) is 13.5. The van der Waals surface area contributed by atoms with Crippen LogP contribution in [0.5, 0.6) is 0 Å². The molecule has 3 aromatic carbocycles. The molecule has 0 N–H and O–H groups in total. The number of ether oxygens (including phenoxy) is 1. The number of aromatic nitrogens is 2. The number of halogens is 6. The molecule has 45 heavy (non-hydrogen) atoms. The summed E-state index contributed by atoms with van der Waals surface area (Å²) in [4.78, 5) is 30.7. The highest BCUT2D eigenvalue weighted by Crippen LogP contribution is 2.38. The molecule has 6 nitrogen and oxygen atoms in total. The van der Waals surface area contributed by atoms with Gasteiger partial charge in [0.25, 0.3) is 5.56 Å². The molecule has 0 aliphatic carbocycles. The molecule has 0 saturated heterocycles. The number of esters is 1. The summed E-state index contributed by atoms with van der Waals surface area (Å²) in [5.41, 5.74) is -0.230. The Morgan fingerprint density at radius 1 is 1.04 bits per heavy atom. The summed E-state index contributed by atoms with van der Waals surface area (Å²) in [6.45, 7) is 1.71. The van der Waals surface area contributed by atoms with Crippen LogP contribution >= 0.6 is 46.1 Å². The number of fused-ring (bicyclic) bond motifs is 2. The fraction of sp³-hybridized carbons (Fsp3) is 0.156. The van der Waals surface area contributed by atoms with Crippen molar-refractivity contribution in [3.05, 3.63) is 136 Å². The second kappa shape index (κ2) is 12.2. The average Bonchev–Trinajstić information content (AvgIpc) is 3.50. The minimum absolute atomic E-state index is 0.131. The normalized spacial score (nSPS) is 15.4. The Kier molecular flexibility index (Phi) is 8.43. The number of alkyl halides is 3. The third-order valence-corrected chi connectivity index (χ3v) is 9.06. The Hall–Kier alpha value is -3.83. The van der Waals surface area contributed by atoms with E-state index in [-0.39, 0.29) is 21.5 Å². The molecular weight excluding hydrogens is 670 g/mol. The summed E-state index contributed by atoms with van der Waals surface area (Å²) in [5.74, 6) is -1.22. The van der Waals surface area contributed by atoms with Crippen LogP contribution in [0, 0.1) is 0 Å². The van der Waals surface area contributed by atoms with E-state index >= 15 is 0 Å². The van der Waals surface area contributed by atoms with Gasteiger partial charge >= 0.3 is 12.1 Å². The quantitative estimate of drug-likeness (QED) is 0.176. The van der Waals surface area contributed by atoms with E-state index in [0.717, 1.165) is 32.4 Å². The van der Waals surface area contributed by atoms with Crippen LogP contribution in [0.1, 0.15) is 29.7 Å². The maximum Gasteiger partial charge on any atom is 0.434 e. The van der Waals surface area contributed by atoms with E-state index in [4.69, 9.17) is 39.5 Å². The predicted octanol–water partition coefficient (Wildman–Crippen LogP) is 7.30. The first kappa shape index (κ1) is 31.2. The molecule has 0 amide bonds. The summed E-state index contributed by atoms with van der Waals surface area (Å²) in [5, 5.41) is 2.15. The summed E-state index contributed by atoms with van der Waals surface area (Å²) in [6, 6.07) is 17.2. The van der Waals surface area contributed by atoms with Gasteiger partial charge in [-0.1, -0.05) is 82.5 Å². The summed E-state index contributed by atoms with van der Waals surface area (Å²) in [6.07, 6.45) is -1.54. The molecule has 1 aliphatic heterocycles. The largest absolute Gasteiger partial charge is 0.463 e. The van der Waals surface area contributed by atoms with Crippen LogP contribution in [0.2, 0.25) is 15.1 Å². The summed E-state index contributed by atoms with van der Waals surface area (Å²) < 4.78 is 51.5. The van der Waals surface area contributed by atoms with Crippen LogP contribution in [0.15, 0.2) is 94.0 Å². The molecule has 1 aliphatic rings. The Labute approximate surface area is 272 Å². The number of carbonyl (C=O) groups excluding carboxylic acids is 1. The van der Waals surface area contributed by atoms with E-state index in [0.29, 0.717) is 27.2 Å². The number of rotatable bonds is 6. The van der Waals surface area contributed by atoms with Gasteiger partial charge in [0.05, 0.1) is 22.8 Å². The molecule has 3 heterocycles. The van der Waals surface area contributed by atoms with Gasteiger partial charge in [0, 0.05) is 44.3 Å². The van der Waals surface area contributed by atoms with Crippen LogP contribution in [0.3, 0.4) is 0 Å². The van der Waals surface area contributed by atoms with Gasteiger partial charge in [-0.3, -0.25) is 9.36 Å². The lowest BCUT2D eigenvalue weighted by atomic mass is 9.95. The van der Waals surface area contributed by atoms with Gasteiger partial charge in [-0.25, -0.2) is 9.79 Å². The highest BCUT2D eigenvalue weighted by Gasteiger charge is 2.45. The molecule has 2 aromatic heterocycles. The second-order valence-electron chi connectivity index (χ2n) is 10.1. The molecule has 0 fully saturated rings. The van der Waals surface area contributed by atoms with Crippen molar-refractivity contribution in [3.8, 4) is 0 Å². The van der Waals surface area contributed by atoms with E-state index in [1.807, 2.05) is 41.1 Å². The Balaban J connectivity index is 1.56. The SMILES string of the molecule is CCOC(=O)C1=C(C(F)(F)F)N=c2s/c(=C\c3cn(Cc4ccc(Cl)cc4Cl)c4ccccc34)c(=O)n2[C@H]1c1ccc(Cl)cc1. The summed E-state index contributed by atoms with van der Waals surface area (Å²) >= 11 is 19.4. The monoisotopic (exact) mass is 689 g/mol. The standard InChI is InChI=1S/C32H21Cl3F3N3O3S/c1-2-44-30(43)26-27(17-7-10-20(33)11-8-17)41-29(42)25(45-31(41)39-28(26)32(36,37)38)13-19-16-40(24-6-4-3-5-22(19)24)15-18-9-12-21(34)14-23(18)35/h3-14,16,27H,2,15H2,1H3/b25-13-/t27-/m0/s1. The predicted molar refractivity (Wildman–Crippen MR) is 170 cm³/mol. The van der Waals surface area contributed by atoms with Gasteiger partial charge in [0.1, 0.15) is 0 Å². The minimum Gasteiger partial charge on any atom is -0.463 e. The molecule has 0 radical (unpaired) electrons. The molecule has 1 atom stereocenters. The van der Waals surface area contributed by atoms with Gasteiger partial charge < -0.3 is 9.30 Å². The average molecular weight is 691 g/mol. The van der Waals surface area contributed by atoms with E-state index in [1.165, 1.54) is 31.2 Å². The smallest absolute Gasteiger partial charge is 0.434 e. The van der Waals surface area contributed by atoms with E-state index < -0.39 is 35.0 Å². The lowest BCUT2D eigenvalue weighted by molar-refractivity contribution is -0.140. The van der Waals surface area contributed by atoms with Crippen molar-refractivity contribution in [3.63, 3.8) is 0 Å². The van der Waals surface area contributed by atoms with Crippen molar-refractivity contribution in [2.75, 3.05) is 6.61 Å². The molecule has 0 saturated carbocycles. The van der Waals surface area contributed by atoms with Crippen molar-refractivity contribution >= 4 is 69.1 Å². The number of carbonyl (C=O) groups is 1. The van der Waals surface area contributed by atoms with Gasteiger partial charge in [0.15, 0.2) is 10.5 Å². The van der Waals surface area contributed by atoms with Gasteiger partial charge in [-0.05, 0) is 54.5 Å². The van der Waals surface area contributed by atoms with Crippen LogP contribution in [-0.4, -0.2) is 27.9 Å². The van der Waals surface area contributed by atoms with Gasteiger partial charge in [-0.15, -0.1) is 0 Å². The zero-order valence-electron chi connectivity index (χ0n) is 23.2. The number of nitrogens with zero attached hydrogens (tertiary/aromatic N) is 3. The Morgan fingerprint density at radius 2 is 1.76 bits per heavy atom. The molecule has 6 rings (SSSR count). The zero-order chi connectivity index (χ0) is 32.0. The van der Waals surface area contributed by atoms with Crippen molar-refractivity contribution in [2.24, 2.45) is 4.99 Å². The Morgan fingerprint density at radius 3 is 2.44 bits per heavy atom. The van der Waals surface area contributed by atoms with Crippen LogP contribution in [0.4, 0.5) is 13.2 Å². The van der Waals surface area contributed by atoms with Gasteiger partial charge in [0.2, 0.25) is 0 Å². The lowest BCUT2D eigenvalue weighted by Crippen LogP contribution is -2.41. The van der Waals surface area contributed by atoms with E-state index in [1.54, 1.807) is 18.2 Å². The zero-order valence-corrected chi connectivity index (χ0v) is 26.3. The molecule has 13 heteroatoms. The van der Waals surface area contributed by atoms with Crippen molar-refractivity contribution in [1.82, 2.24) is 9.13 Å². The molecular formula is C32H21Cl3F3N3O3S. The van der Waals surface area contributed by atoms with E-state index in [9.17, 15) is 22.8 Å². The van der Waals surface area contributed by atoms with Crippen LogP contribution in [0.25, 0.3) is 17.0 Å². The number of benzene rings is 3. The maximum atomic E-state index is 14.4. The summed E-state index contributed by atoms with van der Waals surface area (Å²) in [7, 11) is 0. The second-order valence-corrected chi connectivity index (χ2v) is 12.4. The fourth-order valence-electron chi connectivity index (χ4n) is 5.30. The lowest BCUT2D eigenvalue weighted by Gasteiger charge is -2.26. The third-order valence-electron chi connectivity index (χ3n) is 7.24. The Bertz CT molecular complexity index is 2180. The molecule has 230 valence electrons. The molecule has 0 unspecified atom stereocenters. The first-order chi connectivity index (χ1) is 21.5. The van der Waals surface area contributed by atoms with Crippen LogP contribution in [-0.2, 0) is 16.1 Å². The number of hydrogen-bond acceptors (Lipinski definition) is 5. The molecule has 5 aromatic rings. The number of para-hydroxylation sites is 1. The van der Waals surface area contributed by atoms with Crippen LogP contribution < -0.4 is 14.9 Å². The minimum atomic E-state index is -5.00. The van der Waals surface area contributed by atoms with Crippen molar-refractivity contribution in [2.45, 2.75) is 25.7 Å². The highest BCUT2D eigenvalue weighted by atomic mass is 35.5. The van der Waals surface area contributed by atoms with Gasteiger partial charge in [-0.2, -0.15) is 13.2 Å². The first-order valence-corrected chi connectivity index (χ1v) is 15.5. The molecule has 0 spiro atoms. The number of allylic oxidation sites excluding steroid dienone is 1. The van der Waals surface area contributed by atoms with E-state index in [2.05, 4.69) is 4.99 Å². The fourth-order valence-corrected chi connectivity index (χ4v) is 6.88. The molecule has 0 bridgehead atoms. The topological polar surface area (TPSA) is 65.6 Å². The number of hydrogen-bond donors (Lipinski definition) is 0.